The lowest BCUT2D eigenvalue weighted by Gasteiger charge is -2.13. The van der Waals surface area contributed by atoms with Crippen molar-refractivity contribution < 1.29 is 14.6 Å². The Kier molecular flexibility index (Phi) is 6.22. The first kappa shape index (κ1) is 18.7. The largest absolute Gasteiger partial charge is 0.481 e. The third kappa shape index (κ3) is 4.47. The van der Waals surface area contributed by atoms with E-state index in [-0.39, 0.29) is 23.8 Å². The third-order valence-electron chi connectivity index (χ3n) is 3.32. The number of rotatable bonds is 6. The fraction of sp³-hybridized carbons (Fsp3) is 0.312. The van der Waals surface area contributed by atoms with E-state index in [1.165, 1.54) is 0 Å². The van der Waals surface area contributed by atoms with Crippen molar-refractivity contribution in [2.75, 3.05) is 0 Å². The summed E-state index contributed by atoms with van der Waals surface area (Å²) >= 11 is 8.41. The molecular formula is C16H16ClIN2O4. The van der Waals surface area contributed by atoms with Gasteiger partial charge in [0, 0.05) is 21.6 Å². The molecule has 0 atom stereocenters. The molecule has 0 bridgehead atoms. The van der Waals surface area contributed by atoms with Gasteiger partial charge in [-0.05, 0) is 17.5 Å². The van der Waals surface area contributed by atoms with Crippen LogP contribution < -0.4 is 10.3 Å². The van der Waals surface area contributed by atoms with Gasteiger partial charge in [-0.1, -0.05) is 54.1 Å². The average Bonchev–Trinajstić information content (AvgIpc) is 2.50. The molecule has 0 saturated carbocycles. The zero-order chi connectivity index (χ0) is 17.9. The van der Waals surface area contributed by atoms with E-state index in [1.54, 1.807) is 18.2 Å². The number of carboxylic acid groups (broad SMARTS) is 1. The quantitative estimate of drug-likeness (QED) is 0.502. The molecule has 0 aliphatic carbocycles. The maximum atomic E-state index is 11.7. The number of aromatic nitrogens is 2. The van der Waals surface area contributed by atoms with Crippen LogP contribution in [-0.4, -0.2) is 21.3 Å². The Hall–Kier alpha value is -1.61. The minimum atomic E-state index is -0.928. The van der Waals surface area contributed by atoms with Gasteiger partial charge < -0.3 is 9.84 Å². The highest BCUT2D eigenvalue weighted by Crippen LogP contribution is 2.35. The molecule has 128 valence electrons. The number of alkyl halides is 1. The van der Waals surface area contributed by atoms with Crippen LogP contribution in [0.3, 0.4) is 0 Å². The highest BCUT2D eigenvalue weighted by molar-refractivity contribution is 14.1. The van der Waals surface area contributed by atoms with E-state index in [1.807, 2.05) is 13.8 Å². The maximum absolute atomic E-state index is 11.7. The van der Waals surface area contributed by atoms with Crippen molar-refractivity contribution in [3.05, 3.63) is 50.3 Å². The summed E-state index contributed by atoms with van der Waals surface area (Å²) in [5, 5.41) is 15.5. The lowest BCUT2D eigenvalue weighted by atomic mass is 10.1. The van der Waals surface area contributed by atoms with E-state index < -0.39 is 5.97 Å². The third-order valence-corrected chi connectivity index (χ3v) is 4.42. The number of ether oxygens (including phenoxy) is 1. The molecule has 0 spiro atoms. The number of nitrogens with one attached hydrogen (secondary N) is 1. The molecule has 0 aliphatic heterocycles. The van der Waals surface area contributed by atoms with Gasteiger partial charge >= 0.3 is 5.97 Å². The Morgan fingerprint density at radius 2 is 2.12 bits per heavy atom. The fourth-order valence-corrected chi connectivity index (χ4v) is 3.06. The second kappa shape index (κ2) is 7.98. The first-order valence-electron chi connectivity index (χ1n) is 7.18. The van der Waals surface area contributed by atoms with E-state index in [4.69, 9.17) is 21.4 Å². The van der Waals surface area contributed by atoms with Gasteiger partial charge in [-0.2, -0.15) is 0 Å². The zero-order valence-corrected chi connectivity index (χ0v) is 16.0. The lowest BCUT2D eigenvalue weighted by molar-refractivity contribution is -0.136. The SMILES string of the molecule is CC(C)c1cc(Oc2c(Cl)cc(CC(=O)O)cc2CI)n[nH]c1=O. The van der Waals surface area contributed by atoms with Crippen LogP contribution in [0.4, 0.5) is 0 Å². The van der Waals surface area contributed by atoms with Crippen molar-refractivity contribution >= 4 is 40.2 Å². The zero-order valence-electron chi connectivity index (χ0n) is 13.1. The Morgan fingerprint density at radius 3 is 2.71 bits per heavy atom. The predicted octanol–water partition coefficient (Wildman–Crippen LogP) is 3.90. The van der Waals surface area contributed by atoms with Gasteiger partial charge in [-0.25, -0.2) is 5.10 Å². The number of aromatic amines is 1. The van der Waals surface area contributed by atoms with Crippen LogP contribution in [0.5, 0.6) is 11.6 Å². The number of carboxylic acids is 1. The average molecular weight is 463 g/mol. The second-order valence-electron chi connectivity index (χ2n) is 5.52. The minimum absolute atomic E-state index is 0.0246. The summed E-state index contributed by atoms with van der Waals surface area (Å²) in [6, 6.07) is 4.90. The van der Waals surface area contributed by atoms with Gasteiger partial charge in [-0.15, -0.1) is 5.10 Å². The number of hydrogen-bond acceptors (Lipinski definition) is 4. The molecule has 0 amide bonds. The van der Waals surface area contributed by atoms with E-state index in [9.17, 15) is 9.59 Å². The number of benzene rings is 1. The summed E-state index contributed by atoms with van der Waals surface area (Å²) in [5.41, 5.74) is 1.67. The number of aliphatic carboxylic acids is 1. The van der Waals surface area contributed by atoms with Gasteiger partial charge in [0.2, 0.25) is 5.88 Å². The van der Waals surface area contributed by atoms with Crippen LogP contribution in [0.15, 0.2) is 23.0 Å². The van der Waals surface area contributed by atoms with Crippen LogP contribution in [-0.2, 0) is 15.6 Å². The number of carbonyl (C=O) groups is 1. The highest BCUT2D eigenvalue weighted by Gasteiger charge is 2.15. The summed E-state index contributed by atoms with van der Waals surface area (Å²) in [5.74, 6) is -0.258. The number of hydrogen-bond donors (Lipinski definition) is 2. The molecule has 2 N–H and O–H groups in total. The van der Waals surface area contributed by atoms with E-state index in [0.29, 0.717) is 26.3 Å². The van der Waals surface area contributed by atoms with Gasteiger partial charge in [0.1, 0.15) is 0 Å². The molecule has 0 saturated heterocycles. The van der Waals surface area contributed by atoms with Crippen molar-refractivity contribution in [2.45, 2.75) is 30.6 Å². The molecule has 1 aromatic carbocycles. The van der Waals surface area contributed by atoms with Gasteiger partial charge in [-0.3, -0.25) is 9.59 Å². The van der Waals surface area contributed by atoms with Crippen LogP contribution >= 0.6 is 34.2 Å². The summed E-state index contributed by atoms with van der Waals surface area (Å²) in [6.45, 7) is 3.80. The Bertz CT molecular complexity index is 820. The van der Waals surface area contributed by atoms with Gasteiger partial charge in [0.25, 0.3) is 5.56 Å². The standard InChI is InChI=1S/C16H16ClIN2O4/c1-8(2)11-6-13(19-20-16(11)23)24-15-10(7-18)3-9(4-12(15)17)5-14(21)22/h3-4,6,8H,5,7H2,1-2H3,(H,20,23)(H,21,22). The summed E-state index contributed by atoms with van der Waals surface area (Å²) < 4.78 is 6.36. The summed E-state index contributed by atoms with van der Waals surface area (Å²) in [7, 11) is 0. The highest BCUT2D eigenvalue weighted by atomic mass is 127. The number of H-pyrrole nitrogens is 1. The van der Waals surface area contributed by atoms with Crippen molar-refractivity contribution in [1.29, 1.82) is 0 Å². The lowest BCUT2D eigenvalue weighted by Crippen LogP contribution is -2.15. The smallest absolute Gasteiger partial charge is 0.307 e. The van der Waals surface area contributed by atoms with E-state index in [0.717, 1.165) is 5.56 Å². The Balaban J connectivity index is 2.41. The molecular weight excluding hydrogens is 447 g/mol. The normalized spacial score (nSPS) is 10.9. The molecule has 0 aliphatic rings. The number of nitrogens with zero attached hydrogens (tertiary/aromatic N) is 1. The molecule has 0 radical (unpaired) electrons. The van der Waals surface area contributed by atoms with Crippen LogP contribution in [0, 0.1) is 0 Å². The van der Waals surface area contributed by atoms with Crippen LogP contribution in [0.25, 0.3) is 0 Å². The Morgan fingerprint density at radius 1 is 1.42 bits per heavy atom. The maximum Gasteiger partial charge on any atom is 0.307 e. The number of halogens is 2. The van der Waals surface area contributed by atoms with Crippen molar-refractivity contribution in [2.24, 2.45) is 0 Å². The molecule has 0 unspecified atom stereocenters. The summed E-state index contributed by atoms with van der Waals surface area (Å²) in [4.78, 5) is 22.6. The molecule has 6 nitrogen and oxygen atoms in total. The van der Waals surface area contributed by atoms with E-state index >= 15 is 0 Å². The second-order valence-corrected chi connectivity index (χ2v) is 6.69. The molecule has 1 aromatic heterocycles. The van der Waals surface area contributed by atoms with Gasteiger partial charge in [0.15, 0.2) is 5.75 Å². The molecule has 2 aromatic rings. The van der Waals surface area contributed by atoms with Crippen molar-refractivity contribution in [3.63, 3.8) is 0 Å². The molecule has 0 fully saturated rings. The van der Waals surface area contributed by atoms with Gasteiger partial charge in [0.05, 0.1) is 11.4 Å². The van der Waals surface area contributed by atoms with Crippen molar-refractivity contribution in [1.82, 2.24) is 10.2 Å². The predicted molar refractivity (Wildman–Crippen MR) is 99.5 cm³/mol. The molecule has 8 heteroatoms. The first-order chi connectivity index (χ1) is 11.3. The van der Waals surface area contributed by atoms with Crippen LogP contribution in [0.1, 0.15) is 36.5 Å². The Labute approximate surface area is 157 Å². The molecule has 1 heterocycles. The summed E-state index contributed by atoms with van der Waals surface area (Å²) in [6.07, 6.45) is -0.113. The first-order valence-corrected chi connectivity index (χ1v) is 9.08. The topological polar surface area (TPSA) is 92.3 Å². The fourth-order valence-electron chi connectivity index (χ4n) is 2.19. The van der Waals surface area contributed by atoms with Crippen LogP contribution in [0.2, 0.25) is 5.02 Å². The molecule has 24 heavy (non-hydrogen) atoms. The monoisotopic (exact) mass is 462 g/mol. The van der Waals surface area contributed by atoms with Crippen molar-refractivity contribution in [3.8, 4) is 11.6 Å². The molecule has 2 rings (SSSR count). The minimum Gasteiger partial charge on any atom is -0.481 e. The van der Waals surface area contributed by atoms with E-state index in [2.05, 4.69) is 32.8 Å².